The number of carbonyl (C=O) groups is 3. The van der Waals surface area contributed by atoms with Crippen molar-refractivity contribution >= 4 is 46.7 Å². The molecular weight excluding hydrogens is 362 g/mol. The molecule has 2 rings (SSSR count). The minimum Gasteiger partial charge on any atom is -0.368 e. The number of carbonyl (C=O) groups excluding carboxylic acids is 3. The van der Waals surface area contributed by atoms with Crippen LogP contribution in [0.4, 0.5) is 0 Å². The molecule has 0 spiro atoms. The van der Waals surface area contributed by atoms with Crippen LogP contribution in [0, 0.1) is 0 Å². The van der Waals surface area contributed by atoms with Crippen molar-refractivity contribution in [3.8, 4) is 10.4 Å². The topological polar surface area (TPSA) is 106 Å². The SMILES string of the molecule is NC(=O)CN(CC(N)=O)C(=O)/C=C/c1ccc(-c2cccc(Cl)c2)s1. The second-order valence-corrected chi connectivity index (χ2v) is 6.72. The van der Waals surface area contributed by atoms with Crippen LogP contribution in [0.15, 0.2) is 42.5 Å². The Kier molecular flexibility index (Phi) is 6.32. The average Bonchev–Trinajstić information content (AvgIpc) is 3.00. The molecule has 0 aliphatic carbocycles. The van der Waals surface area contributed by atoms with E-state index in [2.05, 4.69) is 0 Å². The summed E-state index contributed by atoms with van der Waals surface area (Å²) in [7, 11) is 0. The molecule has 1 heterocycles. The van der Waals surface area contributed by atoms with E-state index in [0.717, 1.165) is 20.2 Å². The number of hydrogen-bond donors (Lipinski definition) is 2. The Morgan fingerprint density at radius 1 is 1.08 bits per heavy atom. The molecule has 0 aliphatic heterocycles. The molecule has 1 aromatic heterocycles. The summed E-state index contributed by atoms with van der Waals surface area (Å²) in [5, 5.41) is 0.645. The predicted octanol–water partition coefficient (Wildman–Crippen LogP) is 1.88. The highest BCUT2D eigenvalue weighted by Crippen LogP contribution is 2.30. The highest BCUT2D eigenvalue weighted by molar-refractivity contribution is 7.16. The Labute approximate surface area is 153 Å². The molecule has 25 heavy (non-hydrogen) atoms. The normalized spacial score (nSPS) is 10.8. The van der Waals surface area contributed by atoms with E-state index in [1.165, 1.54) is 17.4 Å². The molecule has 1 aromatic carbocycles. The van der Waals surface area contributed by atoms with Gasteiger partial charge < -0.3 is 16.4 Å². The molecule has 0 saturated heterocycles. The number of amides is 3. The van der Waals surface area contributed by atoms with Crippen molar-refractivity contribution in [1.82, 2.24) is 4.90 Å². The predicted molar refractivity (Wildman–Crippen MR) is 98.8 cm³/mol. The first kappa shape index (κ1) is 18.7. The van der Waals surface area contributed by atoms with Gasteiger partial charge in [-0.1, -0.05) is 23.7 Å². The van der Waals surface area contributed by atoms with Gasteiger partial charge in [-0.15, -0.1) is 11.3 Å². The van der Waals surface area contributed by atoms with Crippen LogP contribution in [-0.2, 0) is 14.4 Å². The molecule has 130 valence electrons. The molecule has 6 nitrogen and oxygen atoms in total. The van der Waals surface area contributed by atoms with Crippen molar-refractivity contribution in [2.24, 2.45) is 11.5 Å². The van der Waals surface area contributed by atoms with Gasteiger partial charge in [0.25, 0.3) is 0 Å². The third-order valence-electron chi connectivity index (χ3n) is 3.13. The van der Waals surface area contributed by atoms with Crippen molar-refractivity contribution in [2.75, 3.05) is 13.1 Å². The number of nitrogens with two attached hydrogens (primary N) is 2. The van der Waals surface area contributed by atoms with Crippen LogP contribution >= 0.6 is 22.9 Å². The Hall–Kier alpha value is -2.64. The molecule has 8 heteroatoms. The van der Waals surface area contributed by atoms with E-state index in [9.17, 15) is 14.4 Å². The van der Waals surface area contributed by atoms with Crippen molar-refractivity contribution < 1.29 is 14.4 Å². The maximum absolute atomic E-state index is 12.1. The summed E-state index contributed by atoms with van der Waals surface area (Å²) in [5.41, 5.74) is 11.1. The lowest BCUT2D eigenvalue weighted by Gasteiger charge is -2.17. The van der Waals surface area contributed by atoms with E-state index < -0.39 is 17.7 Å². The van der Waals surface area contributed by atoms with Gasteiger partial charge in [-0.3, -0.25) is 14.4 Å². The Morgan fingerprint density at radius 2 is 1.76 bits per heavy atom. The molecule has 3 amide bonds. The third kappa shape index (κ3) is 5.74. The van der Waals surface area contributed by atoms with Gasteiger partial charge in [-0.2, -0.15) is 0 Å². The van der Waals surface area contributed by atoms with Gasteiger partial charge in [0.2, 0.25) is 17.7 Å². The summed E-state index contributed by atoms with van der Waals surface area (Å²) in [4.78, 5) is 36.9. The molecular formula is C17H16ClN3O3S. The van der Waals surface area contributed by atoms with Crippen LogP contribution in [0.2, 0.25) is 5.02 Å². The standard InChI is InChI=1S/C17H16ClN3O3S/c18-12-3-1-2-11(8-12)14-6-4-13(25-14)5-7-17(24)21(9-15(19)22)10-16(20)23/h1-8H,9-10H2,(H2,19,22)(H2,20,23)/b7-5+. The van der Waals surface area contributed by atoms with Crippen LogP contribution < -0.4 is 11.5 Å². The maximum Gasteiger partial charge on any atom is 0.247 e. The Morgan fingerprint density at radius 3 is 2.36 bits per heavy atom. The number of hydrogen-bond acceptors (Lipinski definition) is 4. The molecule has 0 unspecified atom stereocenters. The highest BCUT2D eigenvalue weighted by atomic mass is 35.5. The summed E-state index contributed by atoms with van der Waals surface area (Å²) in [5.74, 6) is -1.96. The largest absolute Gasteiger partial charge is 0.368 e. The number of nitrogens with zero attached hydrogens (tertiary/aromatic N) is 1. The smallest absolute Gasteiger partial charge is 0.247 e. The summed E-state index contributed by atoms with van der Waals surface area (Å²) in [6.07, 6.45) is 2.88. The molecule has 4 N–H and O–H groups in total. The number of thiophene rings is 1. The zero-order valence-corrected chi connectivity index (χ0v) is 14.7. The minimum absolute atomic E-state index is 0.371. The molecule has 2 aromatic rings. The maximum atomic E-state index is 12.1. The monoisotopic (exact) mass is 377 g/mol. The van der Waals surface area contributed by atoms with Crippen molar-refractivity contribution in [1.29, 1.82) is 0 Å². The van der Waals surface area contributed by atoms with E-state index >= 15 is 0 Å². The van der Waals surface area contributed by atoms with Gasteiger partial charge in [0.15, 0.2) is 0 Å². The summed E-state index contributed by atoms with van der Waals surface area (Å²) >= 11 is 7.46. The van der Waals surface area contributed by atoms with Crippen LogP contribution in [-0.4, -0.2) is 35.7 Å². The minimum atomic E-state index is -0.720. The number of rotatable bonds is 7. The Bertz CT molecular complexity index is 816. The van der Waals surface area contributed by atoms with Gasteiger partial charge in [-0.05, 0) is 35.9 Å². The lowest BCUT2D eigenvalue weighted by molar-refractivity contribution is -0.134. The van der Waals surface area contributed by atoms with E-state index in [4.69, 9.17) is 23.1 Å². The van der Waals surface area contributed by atoms with Crippen molar-refractivity contribution in [3.63, 3.8) is 0 Å². The number of halogens is 1. The summed E-state index contributed by atoms with van der Waals surface area (Å²) in [6, 6.07) is 11.2. The van der Waals surface area contributed by atoms with Crippen LogP contribution in [0.3, 0.4) is 0 Å². The summed E-state index contributed by atoms with van der Waals surface area (Å²) < 4.78 is 0. The summed E-state index contributed by atoms with van der Waals surface area (Å²) in [6.45, 7) is -0.741. The van der Waals surface area contributed by atoms with Crippen LogP contribution in [0.5, 0.6) is 0 Å². The van der Waals surface area contributed by atoms with Crippen molar-refractivity contribution in [3.05, 3.63) is 52.4 Å². The van der Waals surface area contributed by atoms with Gasteiger partial charge in [0.05, 0.1) is 0 Å². The Balaban J connectivity index is 2.11. The second-order valence-electron chi connectivity index (χ2n) is 5.17. The highest BCUT2D eigenvalue weighted by Gasteiger charge is 2.15. The van der Waals surface area contributed by atoms with Gasteiger partial charge in [0, 0.05) is 20.9 Å². The molecule has 0 saturated carbocycles. The third-order valence-corrected chi connectivity index (χ3v) is 4.47. The first-order valence-electron chi connectivity index (χ1n) is 7.24. The van der Waals surface area contributed by atoms with Crippen LogP contribution in [0.25, 0.3) is 16.5 Å². The first-order chi connectivity index (χ1) is 11.8. The average molecular weight is 378 g/mol. The zero-order chi connectivity index (χ0) is 18.4. The fourth-order valence-corrected chi connectivity index (χ4v) is 3.18. The quantitative estimate of drug-likeness (QED) is 0.719. The van der Waals surface area contributed by atoms with E-state index in [0.29, 0.717) is 5.02 Å². The fraction of sp³-hybridized carbons (Fsp3) is 0.118. The van der Waals surface area contributed by atoms with E-state index in [-0.39, 0.29) is 13.1 Å². The molecule has 0 radical (unpaired) electrons. The molecule has 0 bridgehead atoms. The van der Waals surface area contributed by atoms with E-state index in [1.807, 2.05) is 30.3 Å². The lowest BCUT2D eigenvalue weighted by Crippen LogP contribution is -2.42. The lowest BCUT2D eigenvalue weighted by atomic mass is 10.2. The van der Waals surface area contributed by atoms with Gasteiger partial charge in [0.1, 0.15) is 13.1 Å². The molecule has 0 aliphatic rings. The molecule has 0 fully saturated rings. The first-order valence-corrected chi connectivity index (χ1v) is 8.44. The van der Waals surface area contributed by atoms with Gasteiger partial charge >= 0.3 is 0 Å². The van der Waals surface area contributed by atoms with E-state index in [1.54, 1.807) is 12.1 Å². The van der Waals surface area contributed by atoms with Gasteiger partial charge in [-0.25, -0.2) is 0 Å². The van der Waals surface area contributed by atoms with Crippen LogP contribution in [0.1, 0.15) is 4.88 Å². The zero-order valence-electron chi connectivity index (χ0n) is 13.1. The number of benzene rings is 1. The number of primary amides is 2. The van der Waals surface area contributed by atoms with Crippen molar-refractivity contribution in [2.45, 2.75) is 0 Å². The fourth-order valence-electron chi connectivity index (χ4n) is 2.09. The second kappa shape index (κ2) is 8.46. The molecule has 0 atom stereocenters.